The number of hydrogen-bond acceptors (Lipinski definition) is 3. The molecule has 1 aromatic heterocycles. The van der Waals surface area contributed by atoms with E-state index in [9.17, 15) is 9.59 Å². The fourth-order valence-corrected chi connectivity index (χ4v) is 2.69. The van der Waals surface area contributed by atoms with Gasteiger partial charge in [-0.05, 0) is 19.8 Å². The highest BCUT2D eigenvalue weighted by atomic mass is 16.4. The number of carboxylic acid groups (broad SMARTS) is 1. The number of aromatic nitrogens is 2. The molecular weight excluding hydrogens is 232 g/mol. The monoisotopic (exact) mass is 250 g/mol. The normalized spacial score (nSPS) is 18.6. The predicted octanol–water partition coefficient (Wildman–Crippen LogP) is 2.00. The van der Waals surface area contributed by atoms with Crippen LogP contribution in [0.5, 0.6) is 0 Å². The van der Waals surface area contributed by atoms with Gasteiger partial charge >= 0.3 is 5.97 Å². The fraction of sp³-hybridized carbons (Fsp3) is 0.615. The van der Waals surface area contributed by atoms with Crippen molar-refractivity contribution >= 4 is 5.97 Å². The van der Waals surface area contributed by atoms with Crippen molar-refractivity contribution in [2.45, 2.75) is 51.4 Å². The number of rotatable bonds is 2. The van der Waals surface area contributed by atoms with Crippen LogP contribution >= 0.6 is 0 Å². The van der Waals surface area contributed by atoms with Crippen LogP contribution in [0.4, 0.5) is 0 Å². The fourth-order valence-electron chi connectivity index (χ4n) is 2.69. The zero-order valence-electron chi connectivity index (χ0n) is 10.7. The van der Waals surface area contributed by atoms with Gasteiger partial charge in [0.1, 0.15) is 11.4 Å². The molecule has 1 aromatic rings. The number of H-pyrrole nitrogens is 1. The number of hydrogen-bond donors (Lipinski definition) is 2. The Morgan fingerprint density at radius 2 is 1.94 bits per heavy atom. The first-order chi connectivity index (χ1) is 8.44. The summed E-state index contributed by atoms with van der Waals surface area (Å²) in [6, 6.07) is 0. The molecule has 0 radical (unpaired) electrons. The lowest BCUT2D eigenvalue weighted by atomic mass is 9.75. The topological polar surface area (TPSA) is 83.0 Å². The maximum absolute atomic E-state index is 11.8. The maximum Gasteiger partial charge on any atom is 0.343 e. The van der Waals surface area contributed by atoms with E-state index in [1.54, 1.807) is 6.92 Å². The van der Waals surface area contributed by atoms with Gasteiger partial charge in [-0.1, -0.05) is 26.2 Å². The van der Waals surface area contributed by atoms with Crippen molar-refractivity contribution in [1.29, 1.82) is 0 Å². The number of nitrogens with one attached hydrogen (secondary N) is 1. The SMILES string of the molecule is Cc1nc(C2(C)CCCCC2)[nH]c(=O)c1C(=O)O. The molecule has 18 heavy (non-hydrogen) atoms. The summed E-state index contributed by atoms with van der Waals surface area (Å²) < 4.78 is 0. The third-order valence-electron chi connectivity index (χ3n) is 3.84. The number of aromatic carboxylic acids is 1. The molecule has 1 aliphatic carbocycles. The molecule has 1 saturated carbocycles. The van der Waals surface area contributed by atoms with E-state index in [1.165, 1.54) is 6.42 Å². The second kappa shape index (κ2) is 4.55. The number of carbonyl (C=O) groups is 1. The van der Waals surface area contributed by atoms with Gasteiger partial charge in [0, 0.05) is 5.41 Å². The molecule has 2 N–H and O–H groups in total. The first-order valence-electron chi connectivity index (χ1n) is 6.29. The molecule has 2 rings (SSSR count). The molecule has 5 heteroatoms. The zero-order chi connectivity index (χ0) is 13.3. The number of carboxylic acids is 1. The molecule has 0 atom stereocenters. The number of aryl methyl sites for hydroxylation is 1. The Kier molecular flexibility index (Phi) is 3.24. The summed E-state index contributed by atoms with van der Waals surface area (Å²) in [6.07, 6.45) is 5.44. The van der Waals surface area contributed by atoms with Gasteiger partial charge in [-0.15, -0.1) is 0 Å². The molecule has 0 bridgehead atoms. The van der Waals surface area contributed by atoms with Gasteiger partial charge in [0.15, 0.2) is 0 Å². The van der Waals surface area contributed by atoms with Crippen molar-refractivity contribution in [2.75, 3.05) is 0 Å². The van der Waals surface area contributed by atoms with E-state index < -0.39 is 11.5 Å². The van der Waals surface area contributed by atoms with E-state index >= 15 is 0 Å². The van der Waals surface area contributed by atoms with E-state index in [0.29, 0.717) is 11.5 Å². The van der Waals surface area contributed by atoms with Crippen LogP contribution in [0.15, 0.2) is 4.79 Å². The van der Waals surface area contributed by atoms with E-state index in [2.05, 4.69) is 16.9 Å². The molecular formula is C13H18N2O3. The van der Waals surface area contributed by atoms with Crippen LogP contribution in [0.2, 0.25) is 0 Å². The van der Waals surface area contributed by atoms with E-state index in [1.807, 2.05) is 0 Å². The average molecular weight is 250 g/mol. The Bertz CT molecular complexity index is 528. The van der Waals surface area contributed by atoms with Gasteiger partial charge in [0.05, 0.1) is 5.69 Å². The summed E-state index contributed by atoms with van der Waals surface area (Å²) in [4.78, 5) is 29.7. The summed E-state index contributed by atoms with van der Waals surface area (Å²) in [5, 5.41) is 8.95. The quantitative estimate of drug-likeness (QED) is 0.840. The molecule has 1 aliphatic rings. The van der Waals surface area contributed by atoms with Crippen LogP contribution in [0, 0.1) is 6.92 Å². The van der Waals surface area contributed by atoms with E-state index in [0.717, 1.165) is 25.7 Å². The van der Waals surface area contributed by atoms with Gasteiger partial charge in [-0.25, -0.2) is 9.78 Å². The van der Waals surface area contributed by atoms with Crippen molar-refractivity contribution in [1.82, 2.24) is 9.97 Å². The van der Waals surface area contributed by atoms with Crippen LogP contribution in [-0.4, -0.2) is 21.0 Å². The molecule has 1 fully saturated rings. The highest BCUT2D eigenvalue weighted by molar-refractivity contribution is 5.88. The summed E-state index contributed by atoms with van der Waals surface area (Å²) in [7, 11) is 0. The third-order valence-corrected chi connectivity index (χ3v) is 3.84. The lowest BCUT2D eigenvalue weighted by Gasteiger charge is -2.32. The van der Waals surface area contributed by atoms with Crippen molar-refractivity contribution in [3.8, 4) is 0 Å². The molecule has 5 nitrogen and oxygen atoms in total. The van der Waals surface area contributed by atoms with Crippen molar-refractivity contribution in [3.63, 3.8) is 0 Å². The van der Waals surface area contributed by atoms with Crippen molar-refractivity contribution in [2.24, 2.45) is 0 Å². The van der Waals surface area contributed by atoms with Crippen LogP contribution in [0.25, 0.3) is 0 Å². The van der Waals surface area contributed by atoms with E-state index in [-0.39, 0.29) is 11.0 Å². The van der Waals surface area contributed by atoms with Crippen LogP contribution < -0.4 is 5.56 Å². The lowest BCUT2D eigenvalue weighted by Crippen LogP contribution is -2.33. The Hall–Kier alpha value is -1.65. The molecule has 1 heterocycles. The predicted molar refractivity (Wildman–Crippen MR) is 67.0 cm³/mol. The summed E-state index contributed by atoms with van der Waals surface area (Å²) in [5.74, 6) is -0.587. The summed E-state index contributed by atoms with van der Waals surface area (Å²) >= 11 is 0. The highest BCUT2D eigenvalue weighted by Crippen LogP contribution is 2.36. The third kappa shape index (κ3) is 2.17. The van der Waals surface area contributed by atoms with Crippen LogP contribution in [0.3, 0.4) is 0 Å². The Morgan fingerprint density at radius 1 is 1.33 bits per heavy atom. The van der Waals surface area contributed by atoms with Gasteiger partial charge in [0.25, 0.3) is 5.56 Å². The molecule has 0 spiro atoms. The van der Waals surface area contributed by atoms with Gasteiger partial charge in [-0.2, -0.15) is 0 Å². The minimum absolute atomic E-state index is 0.126. The first-order valence-corrected chi connectivity index (χ1v) is 6.29. The number of aromatic amines is 1. The van der Waals surface area contributed by atoms with E-state index in [4.69, 9.17) is 5.11 Å². The molecule has 0 amide bonds. The van der Waals surface area contributed by atoms with Crippen LogP contribution in [0.1, 0.15) is 60.9 Å². The van der Waals surface area contributed by atoms with Gasteiger partial charge < -0.3 is 10.1 Å². The van der Waals surface area contributed by atoms with Gasteiger partial charge in [0.2, 0.25) is 0 Å². The highest BCUT2D eigenvalue weighted by Gasteiger charge is 2.32. The molecule has 0 saturated heterocycles. The minimum atomic E-state index is -1.22. The minimum Gasteiger partial charge on any atom is -0.477 e. The molecule has 0 aliphatic heterocycles. The summed E-state index contributed by atoms with van der Waals surface area (Å²) in [6.45, 7) is 3.67. The summed E-state index contributed by atoms with van der Waals surface area (Å²) in [5.41, 5.74) is -0.623. The zero-order valence-corrected chi connectivity index (χ0v) is 10.7. The standard InChI is InChI=1S/C13H18N2O3/c1-8-9(11(17)18)10(16)15-12(14-8)13(2)6-4-3-5-7-13/h3-7H2,1-2H3,(H,17,18)(H,14,15,16). The first kappa shape index (κ1) is 12.8. The van der Waals surface area contributed by atoms with Gasteiger partial charge in [-0.3, -0.25) is 4.79 Å². The lowest BCUT2D eigenvalue weighted by molar-refractivity contribution is 0.0693. The Labute approximate surface area is 105 Å². The second-order valence-corrected chi connectivity index (χ2v) is 5.30. The number of nitrogens with zero attached hydrogens (tertiary/aromatic N) is 1. The van der Waals surface area contributed by atoms with Crippen molar-refractivity contribution in [3.05, 3.63) is 27.4 Å². The average Bonchev–Trinajstić information content (AvgIpc) is 2.28. The smallest absolute Gasteiger partial charge is 0.343 e. The van der Waals surface area contributed by atoms with Crippen LogP contribution in [-0.2, 0) is 5.41 Å². The maximum atomic E-state index is 11.8. The largest absolute Gasteiger partial charge is 0.477 e. The Balaban J connectivity index is 2.48. The second-order valence-electron chi connectivity index (χ2n) is 5.30. The molecule has 0 unspecified atom stereocenters. The molecule has 98 valence electrons. The van der Waals surface area contributed by atoms with Crippen molar-refractivity contribution < 1.29 is 9.90 Å². The Morgan fingerprint density at radius 3 is 2.44 bits per heavy atom. The molecule has 0 aromatic carbocycles.